The van der Waals surface area contributed by atoms with Gasteiger partial charge in [-0.05, 0) is 76.1 Å². The van der Waals surface area contributed by atoms with E-state index in [1.165, 1.54) is 0 Å². The number of fused-ring (bicyclic) bond motifs is 1. The molecular weight excluding hydrogens is 400 g/mol. The predicted molar refractivity (Wildman–Crippen MR) is 114 cm³/mol. The summed E-state index contributed by atoms with van der Waals surface area (Å²) in [5, 5.41) is 14.9. The normalized spacial score (nSPS) is 22.6. The van der Waals surface area contributed by atoms with E-state index in [1.807, 2.05) is 39.0 Å². The minimum absolute atomic E-state index is 0.217. The van der Waals surface area contributed by atoms with Crippen molar-refractivity contribution in [2.45, 2.75) is 70.7 Å². The van der Waals surface area contributed by atoms with Crippen molar-refractivity contribution >= 4 is 17.1 Å². The highest BCUT2D eigenvalue weighted by molar-refractivity contribution is 5.88. The van der Waals surface area contributed by atoms with Gasteiger partial charge in [0.05, 0.1) is 12.7 Å². The van der Waals surface area contributed by atoms with Crippen LogP contribution in [0.2, 0.25) is 0 Å². The summed E-state index contributed by atoms with van der Waals surface area (Å²) < 4.78 is 23.0. The number of amides is 1. The van der Waals surface area contributed by atoms with Crippen molar-refractivity contribution in [2.75, 3.05) is 19.7 Å². The third kappa shape index (κ3) is 5.23. The monoisotopic (exact) mass is 432 g/mol. The molecule has 1 N–H and O–H groups in total. The summed E-state index contributed by atoms with van der Waals surface area (Å²) in [7, 11) is 0. The molecule has 170 valence electrons. The van der Waals surface area contributed by atoms with E-state index in [4.69, 9.17) is 18.7 Å². The summed E-state index contributed by atoms with van der Waals surface area (Å²) in [5.74, 6) is 1.35. The average Bonchev–Trinajstić information content (AvgIpc) is 3.32. The molecule has 1 aromatic carbocycles. The largest absolute Gasteiger partial charge is 0.487 e. The maximum atomic E-state index is 12.2. The molecule has 1 saturated heterocycles. The number of likely N-dealkylation sites (tertiary alicyclic amines) is 1. The Kier molecular flexibility index (Phi) is 6.27. The SMILES string of the molecule is CC(C)(C)OC(=O)N1CCC(COc2noc3cccc(O[C@H]4CCC[C@@H]4O)c23)CC1. The summed E-state index contributed by atoms with van der Waals surface area (Å²) >= 11 is 0. The zero-order valence-electron chi connectivity index (χ0n) is 18.5. The van der Waals surface area contributed by atoms with Gasteiger partial charge in [-0.2, -0.15) is 0 Å². The number of nitrogens with zero attached hydrogens (tertiary/aromatic N) is 2. The second kappa shape index (κ2) is 8.94. The van der Waals surface area contributed by atoms with Crippen LogP contribution in [0.1, 0.15) is 52.9 Å². The highest BCUT2D eigenvalue weighted by Crippen LogP contribution is 2.36. The average molecular weight is 433 g/mol. The highest BCUT2D eigenvalue weighted by Gasteiger charge is 2.30. The number of aliphatic hydroxyl groups excluding tert-OH is 1. The lowest BCUT2D eigenvalue weighted by atomic mass is 9.98. The first-order valence-corrected chi connectivity index (χ1v) is 11.1. The van der Waals surface area contributed by atoms with Crippen LogP contribution in [-0.4, -0.2) is 58.8 Å². The molecule has 2 aliphatic rings. The van der Waals surface area contributed by atoms with Crippen molar-refractivity contribution in [3.05, 3.63) is 18.2 Å². The van der Waals surface area contributed by atoms with Crippen LogP contribution in [0.25, 0.3) is 11.0 Å². The van der Waals surface area contributed by atoms with Gasteiger partial charge in [-0.25, -0.2) is 4.79 Å². The molecular formula is C23H32N2O6. The molecule has 31 heavy (non-hydrogen) atoms. The Morgan fingerprint density at radius 2 is 2.00 bits per heavy atom. The van der Waals surface area contributed by atoms with Gasteiger partial charge in [0.25, 0.3) is 5.88 Å². The van der Waals surface area contributed by atoms with Gasteiger partial charge in [-0.3, -0.25) is 0 Å². The first kappa shape index (κ1) is 21.7. The van der Waals surface area contributed by atoms with Crippen molar-refractivity contribution in [3.8, 4) is 11.6 Å². The number of ether oxygens (including phenoxy) is 3. The zero-order valence-corrected chi connectivity index (χ0v) is 18.5. The second-order valence-electron chi connectivity index (χ2n) is 9.49. The van der Waals surface area contributed by atoms with Crippen molar-refractivity contribution in [1.82, 2.24) is 10.1 Å². The molecule has 1 aliphatic heterocycles. The van der Waals surface area contributed by atoms with Crippen LogP contribution in [-0.2, 0) is 4.74 Å². The molecule has 8 nitrogen and oxygen atoms in total. The Bertz CT molecular complexity index is 897. The molecule has 0 radical (unpaired) electrons. The maximum Gasteiger partial charge on any atom is 0.410 e. The lowest BCUT2D eigenvalue weighted by molar-refractivity contribution is 0.0163. The van der Waals surface area contributed by atoms with Gasteiger partial charge in [0.1, 0.15) is 22.8 Å². The van der Waals surface area contributed by atoms with E-state index in [1.54, 1.807) is 4.90 Å². The van der Waals surface area contributed by atoms with E-state index >= 15 is 0 Å². The molecule has 1 aliphatic carbocycles. The van der Waals surface area contributed by atoms with Gasteiger partial charge in [0.15, 0.2) is 5.58 Å². The van der Waals surface area contributed by atoms with Crippen LogP contribution in [0.15, 0.2) is 22.7 Å². The van der Waals surface area contributed by atoms with E-state index in [-0.39, 0.29) is 12.2 Å². The zero-order chi connectivity index (χ0) is 22.0. The van der Waals surface area contributed by atoms with Gasteiger partial charge in [0, 0.05) is 13.1 Å². The fourth-order valence-electron chi connectivity index (χ4n) is 4.14. The molecule has 1 saturated carbocycles. The summed E-state index contributed by atoms with van der Waals surface area (Å²) in [6, 6.07) is 5.53. The topological polar surface area (TPSA) is 94.3 Å². The van der Waals surface area contributed by atoms with Crippen molar-refractivity contribution in [1.29, 1.82) is 0 Å². The van der Waals surface area contributed by atoms with Gasteiger partial charge in [-0.15, -0.1) is 0 Å². The Balaban J connectivity index is 1.35. The number of carbonyl (C=O) groups excluding carboxylic acids is 1. The molecule has 2 aromatic rings. The first-order chi connectivity index (χ1) is 14.8. The summed E-state index contributed by atoms with van der Waals surface area (Å²) in [6.07, 6.45) is 3.30. The number of hydrogen-bond donors (Lipinski definition) is 1. The van der Waals surface area contributed by atoms with Crippen molar-refractivity contribution in [2.24, 2.45) is 5.92 Å². The molecule has 8 heteroatoms. The van der Waals surface area contributed by atoms with E-state index in [9.17, 15) is 9.90 Å². The molecule has 4 rings (SSSR count). The third-order valence-electron chi connectivity index (χ3n) is 5.85. The Labute approximate surface area is 182 Å². The summed E-state index contributed by atoms with van der Waals surface area (Å²) in [5.41, 5.74) is 0.110. The van der Waals surface area contributed by atoms with E-state index < -0.39 is 11.7 Å². The number of carbonyl (C=O) groups is 1. The van der Waals surface area contributed by atoms with E-state index in [0.717, 1.165) is 32.1 Å². The Morgan fingerprint density at radius 3 is 2.68 bits per heavy atom. The van der Waals surface area contributed by atoms with Crippen LogP contribution in [0.3, 0.4) is 0 Å². The van der Waals surface area contributed by atoms with E-state index in [2.05, 4.69) is 5.16 Å². The number of aliphatic hydroxyl groups is 1. The number of hydrogen-bond acceptors (Lipinski definition) is 7. The smallest absolute Gasteiger partial charge is 0.410 e. The van der Waals surface area contributed by atoms with Gasteiger partial charge < -0.3 is 28.7 Å². The molecule has 2 fully saturated rings. The number of aromatic nitrogens is 1. The van der Waals surface area contributed by atoms with Crippen molar-refractivity contribution < 1.29 is 28.6 Å². The number of rotatable bonds is 5. The molecule has 2 atom stereocenters. The fraction of sp³-hybridized carbons (Fsp3) is 0.652. The van der Waals surface area contributed by atoms with Crippen LogP contribution in [0.4, 0.5) is 4.79 Å². The van der Waals surface area contributed by atoms with Crippen LogP contribution in [0.5, 0.6) is 11.6 Å². The quantitative estimate of drug-likeness (QED) is 0.758. The van der Waals surface area contributed by atoms with E-state index in [0.29, 0.717) is 48.2 Å². The standard InChI is InChI=1S/C23H32N2O6/c1-23(2,3)30-22(27)25-12-10-15(11-13-25)14-28-21-20-18(8-5-9-19(20)31-24-21)29-17-7-4-6-16(17)26/h5,8-9,15-17,26H,4,6-7,10-14H2,1-3H3/t16-,17-/m0/s1. The second-order valence-corrected chi connectivity index (χ2v) is 9.49. The Hall–Kier alpha value is -2.48. The summed E-state index contributed by atoms with van der Waals surface area (Å²) in [4.78, 5) is 14.0. The molecule has 1 aromatic heterocycles. The van der Waals surface area contributed by atoms with Gasteiger partial charge >= 0.3 is 6.09 Å². The third-order valence-corrected chi connectivity index (χ3v) is 5.85. The van der Waals surface area contributed by atoms with Crippen LogP contribution < -0.4 is 9.47 Å². The molecule has 0 spiro atoms. The van der Waals surface area contributed by atoms with Gasteiger partial charge in [-0.1, -0.05) is 6.07 Å². The lowest BCUT2D eigenvalue weighted by Crippen LogP contribution is -2.42. The lowest BCUT2D eigenvalue weighted by Gasteiger charge is -2.33. The Morgan fingerprint density at radius 1 is 1.23 bits per heavy atom. The first-order valence-electron chi connectivity index (χ1n) is 11.1. The number of piperidine rings is 1. The number of benzene rings is 1. The molecule has 0 bridgehead atoms. The fourth-order valence-corrected chi connectivity index (χ4v) is 4.14. The minimum atomic E-state index is -0.487. The van der Waals surface area contributed by atoms with Gasteiger partial charge in [0.2, 0.25) is 0 Å². The maximum absolute atomic E-state index is 12.2. The predicted octanol–water partition coefficient (Wildman–Crippen LogP) is 4.15. The molecule has 2 heterocycles. The highest BCUT2D eigenvalue weighted by atomic mass is 16.6. The van der Waals surface area contributed by atoms with Crippen LogP contribution in [0, 0.1) is 5.92 Å². The van der Waals surface area contributed by atoms with Crippen molar-refractivity contribution in [3.63, 3.8) is 0 Å². The summed E-state index contributed by atoms with van der Waals surface area (Å²) in [6.45, 7) is 7.41. The molecule has 0 unspecified atom stereocenters. The van der Waals surface area contributed by atoms with Crippen LogP contribution >= 0.6 is 0 Å². The molecule has 1 amide bonds. The minimum Gasteiger partial charge on any atom is -0.487 e.